The molecule has 0 unspecified atom stereocenters. The first kappa shape index (κ1) is 15.2. The lowest BCUT2D eigenvalue weighted by Crippen LogP contribution is -2.22. The fourth-order valence-electron chi connectivity index (χ4n) is 1.36. The van der Waals surface area contributed by atoms with E-state index in [0.29, 0.717) is 0 Å². The molecule has 1 rings (SSSR count). The number of anilines is 1. The predicted octanol–water partition coefficient (Wildman–Crippen LogP) is 2.30. The van der Waals surface area contributed by atoms with Crippen molar-refractivity contribution in [3.05, 3.63) is 23.5 Å². The molecule has 6 heteroatoms. The van der Waals surface area contributed by atoms with Gasteiger partial charge in [0, 0.05) is 11.8 Å². The summed E-state index contributed by atoms with van der Waals surface area (Å²) in [4.78, 5) is 10.9. The van der Waals surface area contributed by atoms with Crippen molar-refractivity contribution >= 4 is 11.7 Å². The summed E-state index contributed by atoms with van der Waals surface area (Å²) in [6.45, 7) is 6.06. The number of carbonyl (C=O) groups is 1. The number of hydrogen-bond donors (Lipinski definition) is 2. The lowest BCUT2D eigenvalue weighted by atomic mass is 10.1. The lowest BCUT2D eigenvalue weighted by Gasteiger charge is -2.19. The van der Waals surface area contributed by atoms with Crippen molar-refractivity contribution in [1.82, 2.24) is 0 Å². The van der Waals surface area contributed by atoms with Gasteiger partial charge in [-0.3, -0.25) is 0 Å². The van der Waals surface area contributed by atoms with Crippen LogP contribution in [0.15, 0.2) is 12.1 Å². The Morgan fingerprint density at radius 3 is 2.53 bits per heavy atom. The molecule has 0 aromatic heterocycles. The number of carboxylic acid groups (broad SMARTS) is 1. The molecule has 0 spiro atoms. The van der Waals surface area contributed by atoms with E-state index in [1.54, 1.807) is 0 Å². The molecule has 106 valence electrons. The Morgan fingerprint density at radius 1 is 1.37 bits per heavy atom. The second-order valence-corrected chi connectivity index (χ2v) is 4.98. The van der Waals surface area contributed by atoms with E-state index in [1.807, 2.05) is 20.8 Å². The molecule has 0 radical (unpaired) electrons. The molecule has 1 aromatic rings. The summed E-state index contributed by atoms with van der Waals surface area (Å²) in [7, 11) is 0. The van der Waals surface area contributed by atoms with Gasteiger partial charge in [0.1, 0.15) is 6.61 Å². The minimum Gasteiger partial charge on any atom is -0.488 e. The van der Waals surface area contributed by atoms with Crippen molar-refractivity contribution in [2.75, 3.05) is 18.9 Å². The van der Waals surface area contributed by atoms with Gasteiger partial charge < -0.3 is 20.3 Å². The summed E-state index contributed by atoms with van der Waals surface area (Å²) in [5.74, 6) is -2.07. The minimum atomic E-state index is -1.23. The van der Waals surface area contributed by atoms with Gasteiger partial charge in [-0.1, -0.05) is 0 Å². The van der Waals surface area contributed by atoms with Gasteiger partial charge in [-0.2, -0.15) is 0 Å². The van der Waals surface area contributed by atoms with Crippen molar-refractivity contribution in [1.29, 1.82) is 0 Å². The van der Waals surface area contributed by atoms with E-state index >= 15 is 0 Å². The van der Waals surface area contributed by atoms with Crippen LogP contribution in [0.1, 0.15) is 31.1 Å². The van der Waals surface area contributed by atoms with Crippen LogP contribution >= 0.6 is 0 Å². The highest BCUT2D eigenvalue weighted by atomic mass is 19.1. The second-order valence-electron chi connectivity index (χ2n) is 4.98. The first-order valence-electron chi connectivity index (χ1n) is 5.80. The number of hydrogen-bond acceptors (Lipinski definition) is 4. The molecule has 0 amide bonds. The molecule has 0 aliphatic carbocycles. The van der Waals surface area contributed by atoms with Crippen molar-refractivity contribution in [3.63, 3.8) is 0 Å². The normalized spacial score (nSPS) is 11.4. The molecule has 1 aromatic carbocycles. The van der Waals surface area contributed by atoms with Gasteiger partial charge in [0.25, 0.3) is 0 Å². The van der Waals surface area contributed by atoms with Crippen molar-refractivity contribution < 1.29 is 23.8 Å². The largest absolute Gasteiger partial charge is 0.488 e. The number of rotatable bonds is 5. The van der Waals surface area contributed by atoms with Crippen molar-refractivity contribution in [2.24, 2.45) is 0 Å². The SMILES string of the molecule is CC(C)(C)OCCOc1cc(C(=O)O)c(N)cc1F. The van der Waals surface area contributed by atoms with Crippen LogP contribution in [-0.2, 0) is 4.74 Å². The number of aromatic carboxylic acids is 1. The third kappa shape index (κ3) is 4.75. The molecular weight excluding hydrogens is 253 g/mol. The summed E-state index contributed by atoms with van der Waals surface area (Å²) in [5, 5.41) is 8.88. The molecule has 0 heterocycles. The van der Waals surface area contributed by atoms with Gasteiger partial charge in [-0.15, -0.1) is 0 Å². The van der Waals surface area contributed by atoms with E-state index in [2.05, 4.69) is 0 Å². The molecule has 0 bridgehead atoms. The molecule has 0 fully saturated rings. The van der Waals surface area contributed by atoms with Crippen LogP contribution < -0.4 is 10.5 Å². The molecule has 0 aliphatic rings. The number of nitrogens with two attached hydrogens (primary N) is 1. The smallest absolute Gasteiger partial charge is 0.337 e. The van der Waals surface area contributed by atoms with E-state index < -0.39 is 11.8 Å². The minimum absolute atomic E-state index is 0.122. The van der Waals surface area contributed by atoms with E-state index in [9.17, 15) is 9.18 Å². The van der Waals surface area contributed by atoms with Crippen LogP contribution in [0.25, 0.3) is 0 Å². The highest BCUT2D eigenvalue weighted by Crippen LogP contribution is 2.24. The Balaban J connectivity index is 2.68. The zero-order valence-corrected chi connectivity index (χ0v) is 11.2. The van der Waals surface area contributed by atoms with Crippen LogP contribution in [0, 0.1) is 5.82 Å². The number of halogens is 1. The summed E-state index contributed by atoms with van der Waals surface area (Å²) >= 11 is 0. The summed E-state index contributed by atoms with van der Waals surface area (Å²) in [6.07, 6.45) is 0. The zero-order chi connectivity index (χ0) is 14.6. The first-order chi connectivity index (χ1) is 8.70. The number of ether oxygens (including phenoxy) is 2. The van der Waals surface area contributed by atoms with E-state index in [-0.39, 0.29) is 35.8 Å². The van der Waals surface area contributed by atoms with E-state index in [0.717, 1.165) is 12.1 Å². The standard InChI is InChI=1S/C13H18FNO4/c1-13(2,3)19-5-4-18-11-6-8(12(16)17)10(15)7-9(11)14/h6-7H,4-5,15H2,1-3H3,(H,16,17). The molecule has 5 nitrogen and oxygen atoms in total. The molecule has 0 atom stereocenters. The zero-order valence-electron chi connectivity index (χ0n) is 11.2. The van der Waals surface area contributed by atoms with Crippen LogP contribution in [0.2, 0.25) is 0 Å². The molecular formula is C13H18FNO4. The molecule has 3 N–H and O–H groups in total. The first-order valence-corrected chi connectivity index (χ1v) is 5.80. The summed E-state index contributed by atoms with van der Waals surface area (Å²) < 4.78 is 24.1. The number of benzene rings is 1. The van der Waals surface area contributed by atoms with Crippen LogP contribution in [0.3, 0.4) is 0 Å². The maximum atomic E-state index is 13.5. The lowest BCUT2D eigenvalue weighted by molar-refractivity contribution is -0.0166. The predicted molar refractivity (Wildman–Crippen MR) is 69.0 cm³/mol. The van der Waals surface area contributed by atoms with Crippen LogP contribution in [0.4, 0.5) is 10.1 Å². The highest BCUT2D eigenvalue weighted by molar-refractivity contribution is 5.94. The van der Waals surface area contributed by atoms with Crippen molar-refractivity contribution in [2.45, 2.75) is 26.4 Å². The molecule has 0 aliphatic heterocycles. The van der Waals surface area contributed by atoms with Gasteiger partial charge in [0.2, 0.25) is 0 Å². The fourth-order valence-corrected chi connectivity index (χ4v) is 1.36. The van der Waals surface area contributed by atoms with E-state index in [1.165, 1.54) is 0 Å². The van der Waals surface area contributed by atoms with Crippen LogP contribution in [0.5, 0.6) is 5.75 Å². The van der Waals surface area contributed by atoms with Crippen molar-refractivity contribution in [3.8, 4) is 5.75 Å². The Morgan fingerprint density at radius 2 is 2.00 bits per heavy atom. The maximum absolute atomic E-state index is 13.5. The Labute approximate surface area is 111 Å². The van der Waals surface area contributed by atoms with Gasteiger partial charge in [-0.25, -0.2) is 9.18 Å². The third-order valence-corrected chi connectivity index (χ3v) is 2.21. The Hall–Kier alpha value is -1.82. The van der Waals surface area contributed by atoms with Gasteiger partial charge in [0.15, 0.2) is 11.6 Å². The summed E-state index contributed by atoms with van der Waals surface area (Å²) in [6, 6.07) is 2.01. The fraction of sp³-hybridized carbons (Fsp3) is 0.462. The topological polar surface area (TPSA) is 81.8 Å². The highest BCUT2D eigenvalue weighted by Gasteiger charge is 2.15. The molecule has 0 saturated carbocycles. The molecule has 0 saturated heterocycles. The average Bonchev–Trinajstić information content (AvgIpc) is 2.24. The summed E-state index contributed by atoms with van der Waals surface area (Å²) in [5.41, 5.74) is 4.77. The second kappa shape index (κ2) is 5.88. The number of nitrogen functional groups attached to an aromatic ring is 1. The Kier molecular flexibility index (Phi) is 4.72. The van der Waals surface area contributed by atoms with Gasteiger partial charge in [-0.05, 0) is 26.8 Å². The third-order valence-electron chi connectivity index (χ3n) is 2.21. The average molecular weight is 271 g/mol. The Bertz CT molecular complexity index is 468. The maximum Gasteiger partial charge on any atom is 0.337 e. The van der Waals surface area contributed by atoms with Crippen LogP contribution in [-0.4, -0.2) is 29.9 Å². The number of carboxylic acids is 1. The quantitative estimate of drug-likeness (QED) is 0.634. The van der Waals surface area contributed by atoms with Gasteiger partial charge >= 0.3 is 5.97 Å². The molecule has 19 heavy (non-hydrogen) atoms. The van der Waals surface area contributed by atoms with E-state index in [4.69, 9.17) is 20.3 Å². The monoisotopic (exact) mass is 271 g/mol. The van der Waals surface area contributed by atoms with Gasteiger partial charge in [0.05, 0.1) is 17.8 Å².